The lowest BCUT2D eigenvalue weighted by molar-refractivity contribution is 0.0690. The molecule has 60 valence electrons. The molecule has 0 aliphatic heterocycles. The second-order valence-electron chi connectivity index (χ2n) is 2.17. The van der Waals surface area contributed by atoms with Crippen LogP contribution in [0.1, 0.15) is 23.8 Å². The van der Waals surface area contributed by atoms with Crippen molar-refractivity contribution in [1.29, 1.82) is 0 Å². The number of aromatic nitrogens is 3. The zero-order valence-electron chi connectivity index (χ0n) is 6.19. The van der Waals surface area contributed by atoms with Gasteiger partial charge in [-0.1, -0.05) is 12.1 Å². The van der Waals surface area contributed by atoms with E-state index in [4.69, 9.17) is 5.11 Å². The first-order valence-electron chi connectivity index (χ1n) is 3.37. The first kappa shape index (κ1) is 7.71. The number of aryl methyl sites for hydroxylation is 1. The summed E-state index contributed by atoms with van der Waals surface area (Å²) in [5, 5.41) is 15.5. The van der Waals surface area contributed by atoms with Crippen molar-refractivity contribution in [3.63, 3.8) is 0 Å². The topological polar surface area (TPSA) is 68.0 Å². The highest BCUT2D eigenvalue weighted by atomic mass is 16.4. The van der Waals surface area contributed by atoms with E-state index in [9.17, 15) is 4.79 Å². The van der Waals surface area contributed by atoms with Gasteiger partial charge in [0, 0.05) is 6.54 Å². The lowest BCUT2D eigenvalue weighted by Crippen LogP contribution is -1.97. The van der Waals surface area contributed by atoms with E-state index in [1.165, 1.54) is 10.9 Å². The third-order valence-electron chi connectivity index (χ3n) is 1.21. The maximum atomic E-state index is 10.3. The van der Waals surface area contributed by atoms with Crippen molar-refractivity contribution in [2.45, 2.75) is 19.9 Å². The van der Waals surface area contributed by atoms with Crippen LogP contribution in [0.3, 0.4) is 0 Å². The van der Waals surface area contributed by atoms with Gasteiger partial charge in [0.1, 0.15) is 0 Å². The van der Waals surface area contributed by atoms with Crippen molar-refractivity contribution in [3.05, 3.63) is 11.9 Å². The van der Waals surface area contributed by atoms with Gasteiger partial charge in [-0.2, -0.15) is 0 Å². The van der Waals surface area contributed by atoms with Gasteiger partial charge in [-0.25, -0.2) is 4.79 Å². The Morgan fingerprint density at radius 1 is 1.82 bits per heavy atom. The SMILES string of the molecule is CCCn1cc(C(=O)O)nn1. The molecule has 11 heavy (non-hydrogen) atoms. The molecule has 5 heteroatoms. The highest BCUT2D eigenvalue weighted by Crippen LogP contribution is 1.93. The summed E-state index contributed by atoms with van der Waals surface area (Å²) in [6.07, 6.45) is 2.34. The number of hydrogen-bond acceptors (Lipinski definition) is 3. The maximum Gasteiger partial charge on any atom is 0.358 e. The Morgan fingerprint density at radius 3 is 3.00 bits per heavy atom. The highest BCUT2D eigenvalue weighted by molar-refractivity contribution is 5.84. The maximum absolute atomic E-state index is 10.3. The molecule has 1 heterocycles. The Balaban J connectivity index is 2.73. The van der Waals surface area contributed by atoms with Crippen molar-refractivity contribution >= 4 is 5.97 Å². The Labute approximate surface area is 63.6 Å². The van der Waals surface area contributed by atoms with E-state index >= 15 is 0 Å². The molecular weight excluding hydrogens is 146 g/mol. The van der Waals surface area contributed by atoms with Gasteiger partial charge in [0.15, 0.2) is 5.69 Å². The fourth-order valence-electron chi connectivity index (χ4n) is 0.735. The van der Waals surface area contributed by atoms with Gasteiger partial charge in [-0.05, 0) is 6.42 Å². The van der Waals surface area contributed by atoms with Gasteiger partial charge in [0.25, 0.3) is 0 Å². The van der Waals surface area contributed by atoms with Gasteiger partial charge < -0.3 is 5.11 Å². The summed E-state index contributed by atoms with van der Waals surface area (Å²) in [6, 6.07) is 0. The summed E-state index contributed by atoms with van der Waals surface area (Å²) in [4.78, 5) is 10.3. The van der Waals surface area contributed by atoms with Gasteiger partial charge in [-0.15, -0.1) is 5.10 Å². The molecule has 1 aromatic rings. The van der Waals surface area contributed by atoms with Crippen molar-refractivity contribution in [1.82, 2.24) is 15.0 Å². The molecular formula is C6H9N3O2. The number of carboxylic acid groups (broad SMARTS) is 1. The lowest BCUT2D eigenvalue weighted by Gasteiger charge is -1.91. The van der Waals surface area contributed by atoms with Crippen LogP contribution in [0.5, 0.6) is 0 Å². The van der Waals surface area contributed by atoms with E-state index in [-0.39, 0.29) is 5.69 Å². The van der Waals surface area contributed by atoms with E-state index in [1.54, 1.807) is 0 Å². The average Bonchev–Trinajstić information content (AvgIpc) is 2.37. The molecule has 0 saturated carbocycles. The molecule has 1 N–H and O–H groups in total. The molecule has 0 saturated heterocycles. The van der Waals surface area contributed by atoms with Crippen LogP contribution >= 0.6 is 0 Å². The number of aromatic carboxylic acids is 1. The fraction of sp³-hybridized carbons (Fsp3) is 0.500. The third kappa shape index (κ3) is 1.76. The van der Waals surface area contributed by atoms with E-state index in [0.717, 1.165) is 6.42 Å². The lowest BCUT2D eigenvalue weighted by atomic mass is 10.4. The second-order valence-corrected chi connectivity index (χ2v) is 2.17. The molecule has 0 spiro atoms. The fourth-order valence-corrected chi connectivity index (χ4v) is 0.735. The number of nitrogens with zero attached hydrogens (tertiary/aromatic N) is 3. The molecule has 0 atom stereocenters. The standard InChI is InChI=1S/C6H9N3O2/c1-2-3-9-4-5(6(10)11)7-8-9/h4H,2-3H2,1H3,(H,10,11). The molecule has 0 aromatic carbocycles. The van der Waals surface area contributed by atoms with E-state index in [1.807, 2.05) is 6.92 Å². The average molecular weight is 155 g/mol. The van der Waals surface area contributed by atoms with Crippen LogP contribution in [0.15, 0.2) is 6.20 Å². The van der Waals surface area contributed by atoms with E-state index in [0.29, 0.717) is 6.54 Å². The quantitative estimate of drug-likeness (QED) is 0.685. The summed E-state index contributed by atoms with van der Waals surface area (Å²) < 4.78 is 1.52. The Kier molecular flexibility index (Phi) is 2.20. The molecule has 0 aliphatic rings. The largest absolute Gasteiger partial charge is 0.476 e. The zero-order valence-corrected chi connectivity index (χ0v) is 6.19. The van der Waals surface area contributed by atoms with Crippen LogP contribution < -0.4 is 0 Å². The predicted octanol–water partition coefficient (Wildman–Crippen LogP) is 0.386. The van der Waals surface area contributed by atoms with Crippen LogP contribution in [0.4, 0.5) is 0 Å². The molecule has 0 unspecified atom stereocenters. The van der Waals surface area contributed by atoms with Gasteiger partial charge in [0.05, 0.1) is 6.20 Å². The van der Waals surface area contributed by atoms with Crippen LogP contribution in [-0.2, 0) is 6.54 Å². The molecule has 0 bridgehead atoms. The van der Waals surface area contributed by atoms with Crippen LogP contribution in [0, 0.1) is 0 Å². The molecule has 1 aromatic heterocycles. The number of carboxylic acids is 1. The molecule has 1 rings (SSSR count). The van der Waals surface area contributed by atoms with Gasteiger partial charge >= 0.3 is 5.97 Å². The smallest absolute Gasteiger partial charge is 0.358 e. The summed E-state index contributed by atoms with van der Waals surface area (Å²) >= 11 is 0. The first-order chi connectivity index (χ1) is 5.24. The second kappa shape index (κ2) is 3.14. The molecule has 0 aliphatic carbocycles. The highest BCUT2D eigenvalue weighted by Gasteiger charge is 2.06. The Bertz CT molecular complexity index is 256. The first-order valence-corrected chi connectivity index (χ1v) is 3.37. The minimum absolute atomic E-state index is 0.00144. The minimum atomic E-state index is -1.03. The Hall–Kier alpha value is -1.39. The van der Waals surface area contributed by atoms with Crippen LogP contribution in [-0.4, -0.2) is 26.1 Å². The molecule has 0 fully saturated rings. The summed E-state index contributed by atoms with van der Waals surface area (Å²) in [7, 11) is 0. The van der Waals surface area contributed by atoms with Gasteiger partial charge in [0.2, 0.25) is 0 Å². The third-order valence-corrected chi connectivity index (χ3v) is 1.21. The predicted molar refractivity (Wildman–Crippen MR) is 37.3 cm³/mol. The molecule has 5 nitrogen and oxygen atoms in total. The van der Waals surface area contributed by atoms with Crippen LogP contribution in [0.2, 0.25) is 0 Å². The number of carbonyl (C=O) groups is 1. The van der Waals surface area contributed by atoms with E-state index < -0.39 is 5.97 Å². The van der Waals surface area contributed by atoms with Gasteiger partial charge in [-0.3, -0.25) is 4.68 Å². The van der Waals surface area contributed by atoms with Crippen molar-refractivity contribution < 1.29 is 9.90 Å². The monoisotopic (exact) mass is 155 g/mol. The number of hydrogen-bond donors (Lipinski definition) is 1. The zero-order chi connectivity index (χ0) is 8.27. The molecule has 0 radical (unpaired) electrons. The summed E-state index contributed by atoms with van der Waals surface area (Å²) in [5.74, 6) is -1.03. The Morgan fingerprint density at radius 2 is 2.55 bits per heavy atom. The van der Waals surface area contributed by atoms with Crippen molar-refractivity contribution in [2.75, 3.05) is 0 Å². The minimum Gasteiger partial charge on any atom is -0.476 e. The summed E-state index contributed by atoms with van der Waals surface area (Å²) in [6.45, 7) is 2.70. The van der Waals surface area contributed by atoms with E-state index in [2.05, 4.69) is 10.3 Å². The normalized spacial score (nSPS) is 9.91. The van der Waals surface area contributed by atoms with Crippen molar-refractivity contribution in [2.24, 2.45) is 0 Å². The van der Waals surface area contributed by atoms with Crippen molar-refractivity contribution in [3.8, 4) is 0 Å². The molecule has 0 amide bonds. The summed E-state index contributed by atoms with van der Waals surface area (Å²) in [5.41, 5.74) is -0.00144. The number of rotatable bonds is 3. The van der Waals surface area contributed by atoms with Crippen LogP contribution in [0.25, 0.3) is 0 Å².